The van der Waals surface area contributed by atoms with Crippen LogP contribution in [-0.4, -0.2) is 40.1 Å². The molecule has 2 fully saturated rings. The lowest BCUT2D eigenvalue weighted by Gasteiger charge is -2.41. The van der Waals surface area contributed by atoms with E-state index in [-0.39, 0.29) is 29.2 Å². The Balaban J connectivity index is 1.17. The fraction of sp³-hybridized carbons (Fsp3) is 0.259. The largest absolute Gasteiger partial charge is 0.494 e. The van der Waals surface area contributed by atoms with Gasteiger partial charge in [-0.1, -0.05) is 6.07 Å². The Labute approximate surface area is 205 Å². The number of ether oxygens (including phenoxy) is 1. The molecular formula is C27H22F3N5O. The maximum absolute atomic E-state index is 14.7. The summed E-state index contributed by atoms with van der Waals surface area (Å²) in [5.74, 6) is -0.752. The zero-order valence-corrected chi connectivity index (χ0v) is 19.4. The lowest BCUT2D eigenvalue weighted by Crippen LogP contribution is -2.45. The van der Waals surface area contributed by atoms with Gasteiger partial charge < -0.3 is 9.64 Å². The van der Waals surface area contributed by atoms with E-state index in [1.165, 1.54) is 19.2 Å². The number of methoxy groups -OCH3 is 1. The van der Waals surface area contributed by atoms with Crippen LogP contribution in [0.25, 0.3) is 11.6 Å². The second-order valence-electron chi connectivity index (χ2n) is 9.19. The fourth-order valence-electron chi connectivity index (χ4n) is 4.85. The number of halogens is 3. The van der Waals surface area contributed by atoms with Crippen molar-refractivity contribution in [1.29, 1.82) is 0 Å². The lowest BCUT2D eigenvalue weighted by molar-refractivity contribution is 0.384. The molecule has 2 aromatic heterocycles. The highest BCUT2D eigenvalue weighted by Gasteiger charge is 2.41. The van der Waals surface area contributed by atoms with Crippen LogP contribution in [0, 0.1) is 17.5 Å². The van der Waals surface area contributed by atoms with Gasteiger partial charge >= 0.3 is 0 Å². The van der Waals surface area contributed by atoms with E-state index >= 15 is 0 Å². The lowest BCUT2D eigenvalue weighted by atomic mass is 9.90. The van der Waals surface area contributed by atoms with E-state index in [2.05, 4.69) is 19.9 Å². The van der Waals surface area contributed by atoms with Gasteiger partial charge in [-0.2, -0.15) is 0 Å². The molecule has 0 bridgehead atoms. The first kappa shape index (κ1) is 22.5. The van der Waals surface area contributed by atoms with Gasteiger partial charge in [0.15, 0.2) is 34.8 Å². The molecule has 0 radical (unpaired) electrons. The van der Waals surface area contributed by atoms with Crippen molar-refractivity contribution in [3.05, 3.63) is 95.3 Å². The van der Waals surface area contributed by atoms with E-state index in [1.54, 1.807) is 49.1 Å². The normalized spacial score (nSPS) is 19.2. The molecule has 0 unspecified atom stereocenters. The summed E-state index contributed by atoms with van der Waals surface area (Å²) in [5, 5.41) is 0. The van der Waals surface area contributed by atoms with Gasteiger partial charge in [0.1, 0.15) is 0 Å². The first-order valence-electron chi connectivity index (χ1n) is 11.7. The molecule has 6 nitrogen and oxygen atoms in total. The predicted octanol–water partition coefficient (Wildman–Crippen LogP) is 5.23. The smallest absolute Gasteiger partial charge is 0.197 e. The predicted molar refractivity (Wildman–Crippen MR) is 127 cm³/mol. The summed E-state index contributed by atoms with van der Waals surface area (Å²) < 4.78 is 48.1. The minimum absolute atomic E-state index is 0.0692. The number of nitrogens with zero attached hydrogens (tertiary/aromatic N) is 5. The minimum Gasteiger partial charge on any atom is -0.494 e. The molecule has 1 aliphatic heterocycles. The van der Waals surface area contributed by atoms with Crippen LogP contribution in [0.1, 0.15) is 40.9 Å². The van der Waals surface area contributed by atoms with E-state index < -0.39 is 17.5 Å². The van der Waals surface area contributed by atoms with Crippen LogP contribution in [0.3, 0.4) is 0 Å². The molecule has 2 aromatic carbocycles. The topological polar surface area (TPSA) is 64.0 Å². The highest BCUT2D eigenvalue weighted by atomic mass is 19.2. The van der Waals surface area contributed by atoms with Gasteiger partial charge in [0.2, 0.25) is 0 Å². The Hall–Kier alpha value is -4.01. The maximum Gasteiger partial charge on any atom is 0.197 e. The number of aromatic nitrogens is 4. The van der Waals surface area contributed by atoms with Crippen molar-refractivity contribution in [3.8, 4) is 17.4 Å². The summed E-state index contributed by atoms with van der Waals surface area (Å²) in [6.07, 6.45) is 7.58. The molecule has 1 saturated carbocycles. The van der Waals surface area contributed by atoms with Gasteiger partial charge in [-0.3, -0.25) is 0 Å². The van der Waals surface area contributed by atoms with Gasteiger partial charge in [-0.25, -0.2) is 33.1 Å². The summed E-state index contributed by atoms with van der Waals surface area (Å²) in [7, 11) is 1.42. The van der Waals surface area contributed by atoms with Gasteiger partial charge in [0.25, 0.3) is 0 Å². The van der Waals surface area contributed by atoms with E-state index in [4.69, 9.17) is 4.74 Å². The number of hydrogen-bond donors (Lipinski definition) is 0. The van der Waals surface area contributed by atoms with Crippen molar-refractivity contribution in [3.63, 3.8) is 0 Å². The Kier molecular flexibility index (Phi) is 5.55. The molecule has 182 valence electrons. The van der Waals surface area contributed by atoms with Gasteiger partial charge in [-0.05, 0) is 65.3 Å². The van der Waals surface area contributed by atoms with E-state index in [9.17, 15) is 13.2 Å². The number of rotatable bonds is 6. The highest BCUT2D eigenvalue weighted by molar-refractivity contribution is 5.56. The van der Waals surface area contributed by atoms with Crippen molar-refractivity contribution in [2.24, 2.45) is 0 Å². The summed E-state index contributed by atoms with van der Waals surface area (Å²) >= 11 is 0. The van der Waals surface area contributed by atoms with Crippen molar-refractivity contribution in [1.82, 2.24) is 19.9 Å². The van der Waals surface area contributed by atoms with Crippen LogP contribution in [0.2, 0.25) is 0 Å². The summed E-state index contributed by atoms with van der Waals surface area (Å²) in [4.78, 5) is 18.9. The molecule has 1 aliphatic carbocycles. The van der Waals surface area contributed by atoms with Crippen LogP contribution < -0.4 is 9.64 Å². The number of anilines is 1. The average Bonchev–Trinajstić information content (AvgIpc) is 3.68. The van der Waals surface area contributed by atoms with Gasteiger partial charge in [-0.15, -0.1) is 0 Å². The molecule has 0 N–H and O–H groups in total. The Bertz CT molecular complexity index is 1410. The molecule has 3 heterocycles. The molecule has 2 atom stereocenters. The Morgan fingerprint density at radius 1 is 0.806 bits per heavy atom. The molecule has 4 aromatic rings. The van der Waals surface area contributed by atoms with Crippen molar-refractivity contribution in [2.45, 2.75) is 24.2 Å². The molecular weight excluding hydrogens is 467 g/mol. The van der Waals surface area contributed by atoms with Gasteiger partial charge in [0, 0.05) is 43.8 Å². The average molecular weight is 490 g/mol. The third-order valence-corrected chi connectivity index (χ3v) is 6.98. The van der Waals surface area contributed by atoms with Crippen LogP contribution in [0.5, 0.6) is 5.75 Å². The third-order valence-electron chi connectivity index (χ3n) is 6.98. The Morgan fingerprint density at radius 3 is 2.22 bits per heavy atom. The van der Waals surface area contributed by atoms with Gasteiger partial charge in [0.05, 0.1) is 12.8 Å². The second kappa shape index (κ2) is 8.89. The zero-order chi connectivity index (χ0) is 24.8. The van der Waals surface area contributed by atoms with Crippen LogP contribution >= 0.6 is 0 Å². The molecule has 0 amide bonds. The quantitative estimate of drug-likeness (QED) is 0.369. The SMILES string of the molecule is COc1cc(C2CN(c3cc([C@@H]4C[C@H]4c4cnc(-c5ncccn5)nc4)cc(F)c3F)C2)ccc1F. The molecule has 6 rings (SSSR count). The molecule has 9 heteroatoms. The molecule has 0 spiro atoms. The Morgan fingerprint density at radius 2 is 1.50 bits per heavy atom. The first-order chi connectivity index (χ1) is 17.5. The van der Waals surface area contributed by atoms with E-state index in [1.807, 2.05) is 4.90 Å². The first-order valence-corrected chi connectivity index (χ1v) is 11.7. The number of benzene rings is 2. The van der Waals surface area contributed by atoms with Crippen molar-refractivity contribution < 1.29 is 17.9 Å². The molecule has 1 saturated heterocycles. The van der Waals surface area contributed by atoms with Crippen molar-refractivity contribution in [2.75, 3.05) is 25.1 Å². The van der Waals surface area contributed by atoms with Crippen LogP contribution in [0.4, 0.5) is 18.9 Å². The standard InChI is InChI=1S/C27H22F3N5O/c1-36-24-9-15(3-4-21(24)28)18-13-35(14-18)23-8-16(7-22(29)25(23)30)19-10-20(19)17-11-33-27(34-12-17)26-31-5-2-6-32-26/h2-9,11-12,18-20H,10,13-14H2,1H3/t19-,20-/m0/s1. The third kappa shape index (κ3) is 4.04. The second-order valence-corrected chi connectivity index (χ2v) is 9.19. The molecule has 2 aliphatic rings. The maximum atomic E-state index is 14.7. The zero-order valence-electron chi connectivity index (χ0n) is 19.4. The van der Waals surface area contributed by atoms with Crippen LogP contribution in [-0.2, 0) is 0 Å². The summed E-state index contributed by atoms with van der Waals surface area (Å²) in [6, 6.07) is 9.50. The van der Waals surface area contributed by atoms with Crippen LogP contribution in [0.15, 0.2) is 61.2 Å². The van der Waals surface area contributed by atoms with Crippen molar-refractivity contribution >= 4 is 5.69 Å². The minimum atomic E-state index is -0.854. The molecule has 36 heavy (non-hydrogen) atoms. The monoisotopic (exact) mass is 489 g/mol. The summed E-state index contributed by atoms with van der Waals surface area (Å²) in [5.41, 5.74) is 2.87. The van der Waals surface area contributed by atoms with E-state index in [0.717, 1.165) is 23.1 Å². The van der Waals surface area contributed by atoms with E-state index in [0.29, 0.717) is 24.7 Å². The fourth-order valence-corrected chi connectivity index (χ4v) is 4.85. The highest BCUT2D eigenvalue weighted by Crippen LogP contribution is 2.55. The summed E-state index contributed by atoms with van der Waals surface area (Å²) in [6.45, 7) is 1.03. The number of hydrogen-bond acceptors (Lipinski definition) is 6.